The fraction of sp³-hybridized carbons (Fsp3) is 0.750. The number of hydrogen-bond acceptors (Lipinski definition) is 6. The maximum absolute atomic E-state index is 6.47. The standard InChI is InChI=1S/C24H45N3O3/c1-7-22(25,8-2)16-28-19-14-13-15-20(29-17-23(26,9-3)10-4)21(19)30-18-24(27,11-5)12-6/h13-15H,7-12,16-18,25-27H2,1-6H3. The van der Waals surface area contributed by atoms with E-state index < -0.39 is 5.54 Å². The van der Waals surface area contributed by atoms with Gasteiger partial charge in [0.25, 0.3) is 0 Å². The second-order valence-electron chi connectivity index (χ2n) is 8.66. The Kier molecular flexibility index (Phi) is 10.4. The first-order valence-electron chi connectivity index (χ1n) is 11.5. The van der Waals surface area contributed by atoms with Gasteiger partial charge in [-0.15, -0.1) is 0 Å². The van der Waals surface area contributed by atoms with Crippen LogP contribution in [0.5, 0.6) is 17.2 Å². The summed E-state index contributed by atoms with van der Waals surface area (Å²) >= 11 is 0. The van der Waals surface area contributed by atoms with E-state index in [1.54, 1.807) is 0 Å². The molecule has 0 aliphatic heterocycles. The maximum Gasteiger partial charge on any atom is 0.203 e. The van der Waals surface area contributed by atoms with E-state index in [4.69, 9.17) is 31.4 Å². The lowest BCUT2D eigenvalue weighted by Crippen LogP contribution is -2.45. The molecule has 174 valence electrons. The van der Waals surface area contributed by atoms with Crippen LogP contribution in [0.15, 0.2) is 18.2 Å². The number of rotatable bonds is 15. The molecule has 0 heterocycles. The minimum Gasteiger partial charge on any atom is -0.488 e. The van der Waals surface area contributed by atoms with Gasteiger partial charge in [-0.2, -0.15) is 0 Å². The van der Waals surface area contributed by atoms with Crippen LogP contribution in [0.2, 0.25) is 0 Å². The van der Waals surface area contributed by atoms with Crippen molar-refractivity contribution in [3.05, 3.63) is 18.2 Å². The number of ether oxygens (including phenoxy) is 3. The fourth-order valence-corrected chi connectivity index (χ4v) is 2.89. The van der Waals surface area contributed by atoms with Gasteiger partial charge in [-0.05, 0) is 50.7 Å². The SMILES string of the molecule is CCC(N)(CC)COc1cccc(OCC(N)(CC)CC)c1OCC(N)(CC)CC. The van der Waals surface area contributed by atoms with Crippen molar-refractivity contribution in [2.45, 2.75) is 96.7 Å². The summed E-state index contributed by atoms with van der Waals surface area (Å²) in [6, 6.07) is 5.68. The van der Waals surface area contributed by atoms with E-state index in [0.29, 0.717) is 37.1 Å². The highest BCUT2D eigenvalue weighted by molar-refractivity contribution is 5.51. The van der Waals surface area contributed by atoms with Crippen molar-refractivity contribution < 1.29 is 14.2 Å². The molecule has 0 spiro atoms. The van der Waals surface area contributed by atoms with Crippen molar-refractivity contribution in [1.82, 2.24) is 0 Å². The van der Waals surface area contributed by atoms with Crippen LogP contribution >= 0.6 is 0 Å². The molecule has 1 aromatic carbocycles. The van der Waals surface area contributed by atoms with Gasteiger partial charge in [0.1, 0.15) is 19.8 Å². The van der Waals surface area contributed by atoms with Crippen LogP contribution in [-0.2, 0) is 0 Å². The Labute approximate surface area is 183 Å². The van der Waals surface area contributed by atoms with Crippen molar-refractivity contribution >= 4 is 0 Å². The summed E-state index contributed by atoms with van der Waals surface area (Å²) in [5, 5.41) is 0. The first-order valence-corrected chi connectivity index (χ1v) is 11.5. The summed E-state index contributed by atoms with van der Waals surface area (Å²) in [6.45, 7) is 13.6. The van der Waals surface area contributed by atoms with Crippen LogP contribution in [0.25, 0.3) is 0 Å². The summed E-state index contributed by atoms with van der Waals surface area (Å²) in [6.07, 6.45) is 4.95. The Morgan fingerprint density at radius 2 is 0.867 bits per heavy atom. The van der Waals surface area contributed by atoms with Gasteiger partial charge in [-0.3, -0.25) is 0 Å². The van der Waals surface area contributed by atoms with Gasteiger partial charge in [0, 0.05) is 16.6 Å². The van der Waals surface area contributed by atoms with Crippen LogP contribution in [0, 0.1) is 0 Å². The molecule has 1 aromatic rings. The second-order valence-corrected chi connectivity index (χ2v) is 8.66. The van der Waals surface area contributed by atoms with E-state index in [1.807, 2.05) is 18.2 Å². The molecular weight excluding hydrogens is 378 g/mol. The highest BCUT2D eigenvalue weighted by Gasteiger charge is 2.27. The molecule has 0 aromatic heterocycles. The normalized spacial score (nSPS) is 12.7. The zero-order valence-electron chi connectivity index (χ0n) is 20.1. The predicted molar refractivity (Wildman–Crippen MR) is 125 cm³/mol. The van der Waals surface area contributed by atoms with E-state index >= 15 is 0 Å². The van der Waals surface area contributed by atoms with Gasteiger partial charge in [0.05, 0.1) is 0 Å². The molecule has 0 saturated heterocycles. The lowest BCUT2D eigenvalue weighted by molar-refractivity contribution is 0.160. The lowest BCUT2D eigenvalue weighted by atomic mass is 9.95. The van der Waals surface area contributed by atoms with E-state index in [-0.39, 0.29) is 11.1 Å². The Balaban J connectivity index is 3.16. The zero-order valence-corrected chi connectivity index (χ0v) is 20.1. The van der Waals surface area contributed by atoms with Gasteiger partial charge in [-0.1, -0.05) is 47.6 Å². The number of hydrogen-bond donors (Lipinski definition) is 3. The molecule has 0 unspecified atom stereocenters. The predicted octanol–water partition coefficient (Wildman–Crippen LogP) is 4.38. The zero-order chi connectivity index (χ0) is 22.8. The van der Waals surface area contributed by atoms with E-state index in [1.165, 1.54) is 0 Å². The summed E-state index contributed by atoms with van der Waals surface area (Å²) in [5.74, 6) is 1.81. The molecule has 0 bridgehead atoms. The van der Waals surface area contributed by atoms with Crippen molar-refractivity contribution in [2.24, 2.45) is 17.2 Å². The van der Waals surface area contributed by atoms with Gasteiger partial charge in [0.2, 0.25) is 5.75 Å². The third-order valence-corrected chi connectivity index (χ3v) is 6.70. The monoisotopic (exact) mass is 423 g/mol. The van der Waals surface area contributed by atoms with Gasteiger partial charge in [0.15, 0.2) is 11.5 Å². The Hall–Kier alpha value is -1.50. The molecule has 0 aliphatic carbocycles. The smallest absolute Gasteiger partial charge is 0.203 e. The van der Waals surface area contributed by atoms with Crippen molar-refractivity contribution in [2.75, 3.05) is 19.8 Å². The minimum absolute atomic E-state index is 0.376. The highest BCUT2D eigenvalue weighted by atomic mass is 16.5. The highest BCUT2D eigenvalue weighted by Crippen LogP contribution is 2.39. The molecule has 0 amide bonds. The van der Waals surface area contributed by atoms with Crippen LogP contribution in [-0.4, -0.2) is 36.4 Å². The summed E-state index contributed by atoms with van der Waals surface area (Å²) in [4.78, 5) is 0. The topological polar surface area (TPSA) is 106 Å². The molecule has 30 heavy (non-hydrogen) atoms. The number of benzene rings is 1. The molecule has 0 saturated carbocycles. The van der Waals surface area contributed by atoms with E-state index in [0.717, 1.165) is 38.5 Å². The molecule has 0 aliphatic rings. The molecule has 6 heteroatoms. The van der Waals surface area contributed by atoms with Gasteiger partial charge < -0.3 is 31.4 Å². The maximum atomic E-state index is 6.47. The van der Waals surface area contributed by atoms with Crippen LogP contribution in [0.1, 0.15) is 80.1 Å². The third kappa shape index (κ3) is 7.33. The summed E-state index contributed by atoms with van der Waals surface area (Å²) in [5.41, 5.74) is 18.2. The average Bonchev–Trinajstić information content (AvgIpc) is 2.79. The number of nitrogens with two attached hydrogens (primary N) is 3. The molecular formula is C24H45N3O3. The molecule has 6 nitrogen and oxygen atoms in total. The van der Waals surface area contributed by atoms with Crippen LogP contribution in [0.3, 0.4) is 0 Å². The quantitative estimate of drug-likeness (QED) is 0.387. The first-order chi connectivity index (χ1) is 14.1. The van der Waals surface area contributed by atoms with Crippen molar-refractivity contribution in [3.63, 3.8) is 0 Å². The first kappa shape index (κ1) is 26.5. The van der Waals surface area contributed by atoms with Gasteiger partial charge in [-0.25, -0.2) is 0 Å². The van der Waals surface area contributed by atoms with Gasteiger partial charge >= 0.3 is 0 Å². The van der Waals surface area contributed by atoms with Crippen molar-refractivity contribution in [1.29, 1.82) is 0 Å². The summed E-state index contributed by atoms with van der Waals surface area (Å²) < 4.78 is 18.5. The Bertz CT molecular complexity index is 584. The molecule has 0 fully saturated rings. The molecule has 6 N–H and O–H groups in total. The molecule has 1 rings (SSSR count). The second kappa shape index (κ2) is 11.8. The minimum atomic E-state index is -0.403. The average molecular weight is 424 g/mol. The third-order valence-electron chi connectivity index (χ3n) is 6.70. The van der Waals surface area contributed by atoms with E-state index in [2.05, 4.69) is 41.5 Å². The van der Waals surface area contributed by atoms with Crippen LogP contribution < -0.4 is 31.4 Å². The van der Waals surface area contributed by atoms with Crippen LogP contribution in [0.4, 0.5) is 0 Å². The lowest BCUT2D eigenvalue weighted by Gasteiger charge is -2.30. The summed E-state index contributed by atoms with van der Waals surface area (Å²) in [7, 11) is 0. The Morgan fingerprint density at radius 1 is 0.567 bits per heavy atom. The molecule has 0 radical (unpaired) electrons. The molecule has 0 atom stereocenters. The Morgan fingerprint density at radius 3 is 1.17 bits per heavy atom. The largest absolute Gasteiger partial charge is 0.488 e. The number of para-hydroxylation sites is 1. The fourth-order valence-electron chi connectivity index (χ4n) is 2.89. The van der Waals surface area contributed by atoms with E-state index in [9.17, 15) is 0 Å². The van der Waals surface area contributed by atoms with Crippen molar-refractivity contribution in [3.8, 4) is 17.2 Å².